The van der Waals surface area contributed by atoms with Crippen molar-refractivity contribution in [1.82, 2.24) is 9.78 Å². The van der Waals surface area contributed by atoms with Crippen molar-refractivity contribution in [3.8, 4) is 11.1 Å². The van der Waals surface area contributed by atoms with Gasteiger partial charge in [-0.1, -0.05) is 6.07 Å². The van der Waals surface area contributed by atoms with E-state index in [0.717, 1.165) is 22.5 Å². The van der Waals surface area contributed by atoms with Crippen LogP contribution in [-0.2, 0) is 20.8 Å². The Bertz CT molecular complexity index is 895. The normalized spacial score (nSPS) is 16.1. The third-order valence-electron chi connectivity index (χ3n) is 4.72. The van der Waals surface area contributed by atoms with Crippen LogP contribution in [0.1, 0.15) is 20.8 Å². The molecule has 2 amide bonds. The monoisotopic (exact) mass is 401 g/mol. The summed E-state index contributed by atoms with van der Waals surface area (Å²) in [7, 11) is 1.38. The summed E-state index contributed by atoms with van der Waals surface area (Å²) in [6, 6.07) is 5.73. The molecule has 0 unspecified atom stereocenters. The van der Waals surface area contributed by atoms with E-state index in [1.807, 2.05) is 39.0 Å². The first-order valence-corrected chi connectivity index (χ1v) is 9.49. The fourth-order valence-corrected chi connectivity index (χ4v) is 3.39. The van der Waals surface area contributed by atoms with Gasteiger partial charge in [-0.25, -0.2) is 4.79 Å². The maximum atomic E-state index is 12.4. The number of hydrogen-bond acceptors (Lipinski definition) is 6. The molecule has 9 nitrogen and oxygen atoms in total. The fourth-order valence-electron chi connectivity index (χ4n) is 3.39. The molecular formula is C20H27N5O4. The minimum Gasteiger partial charge on any atom is -0.452 e. The van der Waals surface area contributed by atoms with Gasteiger partial charge in [0.25, 0.3) is 0 Å². The summed E-state index contributed by atoms with van der Waals surface area (Å²) in [6.45, 7) is 6.99. The molecule has 1 atom stereocenters. The second kappa shape index (κ2) is 8.52. The van der Waals surface area contributed by atoms with E-state index < -0.39 is 12.0 Å². The van der Waals surface area contributed by atoms with E-state index in [1.165, 1.54) is 11.8 Å². The third-order valence-corrected chi connectivity index (χ3v) is 4.72. The molecule has 0 spiro atoms. The number of methoxy groups -OCH3 is 1. The zero-order valence-corrected chi connectivity index (χ0v) is 17.2. The van der Waals surface area contributed by atoms with Gasteiger partial charge in [-0.05, 0) is 38.5 Å². The average Bonchev–Trinajstić information content (AvgIpc) is 3.12. The summed E-state index contributed by atoms with van der Waals surface area (Å²) in [5, 5.41) is 4.18. The number of aromatic nitrogens is 2. The van der Waals surface area contributed by atoms with Crippen LogP contribution in [-0.4, -0.2) is 54.3 Å². The Morgan fingerprint density at radius 3 is 2.69 bits per heavy atom. The number of carbonyl (C=O) groups excluding carboxylic acids is 2. The second-order valence-corrected chi connectivity index (χ2v) is 7.35. The predicted molar refractivity (Wildman–Crippen MR) is 110 cm³/mol. The van der Waals surface area contributed by atoms with Crippen molar-refractivity contribution >= 4 is 23.4 Å². The first-order chi connectivity index (χ1) is 13.8. The van der Waals surface area contributed by atoms with Gasteiger partial charge in [0.15, 0.2) is 0 Å². The highest BCUT2D eigenvalue weighted by Gasteiger charge is 2.33. The summed E-state index contributed by atoms with van der Waals surface area (Å²) in [5.74, 6) is -0.454. The Hall–Kier alpha value is -3.07. The lowest BCUT2D eigenvalue weighted by molar-refractivity contribution is -0.118. The van der Waals surface area contributed by atoms with Crippen molar-refractivity contribution in [3.05, 3.63) is 30.6 Å². The lowest BCUT2D eigenvalue weighted by atomic mass is 10.0. The van der Waals surface area contributed by atoms with E-state index in [2.05, 4.69) is 10.00 Å². The summed E-state index contributed by atoms with van der Waals surface area (Å²) in [6.07, 6.45) is 3.14. The molecule has 1 aliphatic rings. The predicted octanol–water partition coefficient (Wildman–Crippen LogP) is 2.20. The number of ether oxygens (including phenoxy) is 2. The number of fused-ring (bicyclic) bond motifs is 1. The molecule has 2 N–H and O–H groups in total. The van der Waals surface area contributed by atoms with E-state index in [1.54, 1.807) is 17.3 Å². The Morgan fingerprint density at radius 1 is 1.28 bits per heavy atom. The van der Waals surface area contributed by atoms with Crippen LogP contribution in [0, 0.1) is 0 Å². The summed E-state index contributed by atoms with van der Waals surface area (Å²) in [5.41, 5.74) is 8.63. The number of anilines is 2. The van der Waals surface area contributed by atoms with Crippen LogP contribution in [0.25, 0.3) is 11.1 Å². The smallest absolute Gasteiger partial charge is 0.414 e. The SMILES string of the molecule is COC(=O)N1c2ccc(-c3cnn(CC(N)=O)c3)cc2N(COC(C)C)C[C@@H]1C. The second-order valence-electron chi connectivity index (χ2n) is 7.35. The summed E-state index contributed by atoms with van der Waals surface area (Å²) in [4.78, 5) is 27.3. The Morgan fingerprint density at radius 2 is 2.03 bits per heavy atom. The molecule has 156 valence electrons. The number of nitrogens with two attached hydrogens (primary N) is 1. The minimum atomic E-state index is -0.454. The van der Waals surface area contributed by atoms with E-state index >= 15 is 0 Å². The van der Waals surface area contributed by atoms with E-state index in [-0.39, 0.29) is 18.7 Å². The molecule has 9 heteroatoms. The lowest BCUT2D eigenvalue weighted by Crippen LogP contribution is -2.51. The van der Waals surface area contributed by atoms with Crippen LogP contribution >= 0.6 is 0 Å². The van der Waals surface area contributed by atoms with Crippen LogP contribution < -0.4 is 15.5 Å². The van der Waals surface area contributed by atoms with Gasteiger partial charge in [0, 0.05) is 18.3 Å². The topological polar surface area (TPSA) is 103 Å². The van der Waals surface area contributed by atoms with Crippen molar-refractivity contribution in [1.29, 1.82) is 0 Å². The Kier molecular flexibility index (Phi) is 6.07. The molecule has 3 rings (SSSR count). The van der Waals surface area contributed by atoms with Crippen LogP contribution in [0.4, 0.5) is 16.2 Å². The molecule has 0 radical (unpaired) electrons. The van der Waals surface area contributed by atoms with Crippen molar-refractivity contribution in [2.45, 2.75) is 39.5 Å². The zero-order valence-electron chi connectivity index (χ0n) is 17.2. The number of benzene rings is 1. The molecule has 0 aliphatic carbocycles. The van der Waals surface area contributed by atoms with Gasteiger partial charge in [-0.3, -0.25) is 14.4 Å². The highest BCUT2D eigenvalue weighted by molar-refractivity contribution is 5.95. The number of nitrogens with zero attached hydrogens (tertiary/aromatic N) is 4. The Labute approximate surface area is 170 Å². The Balaban J connectivity index is 1.99. The summed E-state index contributed by atoms with van der Waals surface area (Å²) >= 11 is 0. The molecule has 2 aromatic rings. The first kappa shape index (κ1) is 20.7. The molecule has 29 heavy (non-hydrogen) atoms. The number of carbonyl (C=O) groups is 2. The van der Waals surface area contributed by atoms with Crippen molar-refractivity contribution in [2.24, 2.45) is 5.73 Å². The number of rotatable bonds is 6. The molecule has 1 aliphatic heterocycles. The molecule has 0 saturated heterocycles. The molecule has 1 aromatic carbocycles. The van der Waals surface area contributed by atoms with Gasteiger partial charge in [0.2, 0.25) is 5.91 Å². The van der Waals surface area contributed by atoms with Gasteiger partial charge < -0.3 is 20.1 Å². The maximum absolute atomic E-state index is 12.4. The minimum absolute atomic E-state index is 0.0208. The van der Waals surface area contributed by atoms with Crippen LogP contribution in [0.2, 0.25) is 0 Å². The van der Waals surface area contributed by atoms with Gasteiger partial charge in [0.1, 0.15) is 13.3 Å². The van der Waals surface area contributed by atoms with Crippen LogP contribution in [0.15, 0.2) is 30.6 Å². The van der Waals surface area contributed by atoms with Crippen molar-refractivity contribution in [3.63, 3.8) is 0 Å². The van der Waals surface area contributed by atoms with Gasteiger partial charge >= 0.3 is 6.09 Å². The van der Waals surface area contributed by atoms with Crippen molar-refractivity contribution < 1.29 is 19.1 Å². The number of primary amides is 1. The van der Waals surface area contributed by atoms with Crippen LogP contribution in [0.5, 0.6) is 0 Å². The van der Waals surface area contributed by atoms with Gasteiger partial charge in [-0.2, -0.15) is 5.10 Å². The van der Waals surface area contributed by atoms with Crippen molar-refractivity contribution in [2.75, 3.05) is 30.2 Å². The standard InChI is InChI=1S/C20H27N5O4/c1-13(2)29-12-23-9-14(3)25(20(27)28-4)17-6-5-15(7-18(17)23)16-8-22-24(10-16)11-19(21)26/h5-8,10,13-14H,9,11-12H2,1-4H3,(H2,21,26)/t14-/m0/s1. The molecule has 1 aromatic heterocycles. The van der Waals surface area contributed by atoms with Crippen LogP contribution in [0.3, 0.4) is 0 Å². The fraction of sp³-hybridized carbons (Fsp3) is 0.450. The largest absolute Gasteiger partial charge is 0.452 e. The molecule has 2 heterocycles. The van der Waals surface area contributed by atoms with Gasteiger partial charge in [-0.15, -0.1) is 0 Å². The van der Waals surface area contributed by atoms with Gasteiger partial charge in [0.05, 0.1) is 36.8 Å². The highest BCUT2D eigenvalue weighted by atomic mass is 16.5. The maximum Gasteiger partial charge on any atom is 0.414 e. The van der Waals surface area contributed by atoms with E-state index in [4.69, 9.17) is 15.2 Å². The van der Waals surface area contributed by atoms with E-state index in [9.17, 15) is 9.59 Å². The molecule has 0 saturated carbocycles. The molecular weight excluding hydrogens is 374 g/mol. The first-order valence-electron chi connectivity index (χ1n) is 9.49. The average molecular weight is 401 g/mol. The summed E-state index contributed by atoms with van der Waals surface area (Å²) < 4.78 is 12.3. The van der Waals surface area contributed by atoms with E-state index in [0.29, 0.717) is 13.3 Å². The molecule has 0 bridgehead atoms. The number of hydrogen-bond donors (Lipinski definition) is 1. The number of amides is 2. The third kappa shape index (κ3) is 4.51. The zero-order chi connectivity index (χ0) is 21.1. The lowest BCUT2D eigenvalue weighted by Gasteiger charge is -2.41. The molecule has 0 fully saturated rings. The quantitative estimate of drug-likeness (QED) is 0.796. The highest BCUT2D eigenvalue weighted by Crippen LogP contribution is 2.39.